The molecule has 0 aromatic carbocycles. The summed E-state index contributed by atoms with van der Waals surface area (Å²) in [5.41, 5.74) is 5.53. The molecule has 9 heteroatoms. The molecule has 5 rings (SSSR count). The minimum Gasteiger partial charge on any atom is -0.355 e. The number of pyridine rings is 1. The zero-order valence-electron chi connectivity index (χ0n) is 19.9. The lowest BCUT2D eigenvalue weighted by atomic mass is 9.73. The van der Waals surface area contributed by atoms with E-state index in [1.54, 1.807) is 0 Å². The van der Waals surface area contributed by atoms with Gasteiger partial charge < -0.3 is 4.90 Å². The van der Waals surface area contributed by atoms with E-state index >= 15 is 0 Å². The second kappa shape index (κ2) is 8.13. The summed E-state index contributed by atoms with van der Waals surface area (Å²) in [6.45, 7) is 11.9. The molecular weight excluding hydrogens is 500 g/mol. The van der Waals surface area contributed by atoms with Crippen molar-refractivity contribution in [2.24, 2.45) is 5.41 Å². The third-order valence-corrected chi connectivity index (χ3v) is 9.57. The first-order valence-corrected chi connectivity index (χ1v) is 13.4. The van der Waals surface area contributed by atoms with E-state index in [-0.39, 0.29) is 16.2 Å². The minimum atomic E-state index is -1.15. The Hall–Kier alpha value is -1.84. The number of aryl methyl sites for hydroxylation is 2. The maximum absolute atomic E-state index is 13.2. The highest BCUT2D eigenvalue weighted by molar-refractivity contribution is 9.10. The Morgan fingerprint density at radius 1 is 1.24 bits per heavy atom. The minimum absolute atomic E-state index is 0.0240. The second-order valence-corrected chi connectivity index (χ2v) is 13.2. The first-order valence-electron chi connectivity index (χ1n) is 11.5. The van der Waals surface area contributed by atoms with Gasteiger partial charge in [-0.2, -0.15) is 5.10 Å². The summed E-state index contributed by atoms with van der Waals surface area (Å²) in [4.78, 5) is 11.8. The highest BCUT2D eigenvalue weighted by Gasteiger charge is 2.49. The largest absolute Gasteiger partial charge is 0.355 e. The molecule has 0 bridgehead atoms. The van der Waals surface area contributed by atoms with Gasteiger partial charge in [-0.3, -0.25) is 4.98 Å². The van der Waals surface area contributed by atoms with Gasteiger partial charge in [0.2, 0.25) is 0 Å². The first-order chi connectivity index (χ1) is 15.6. The third-order valence-electron chi connectivity index (χ3n) is 7.09. The fourth-order valence-electron chi connectivity index (χ4n) is 5.22. The van der Waals surface area contributed by atoms with Crippen molar-refractivity contribution in [3.8, 4) is 0 Å². The highest BCUT2D eigenvalue weighted by Crippen LogP contribution is 2.52. The molecule has 0 radical (unpaired) electrons. The number of piperidine rings is 1. The molecule has 4 heterocycles. The molecule has 3 aromatic rings. The lowest BCUT2D eigenvalue weighted by Gasteiger charge is -2.44. The zero-order chi connectivity index (χ0) is 23.5. The Bertz CT molecular complexity index is 1240. The van der Waals surface area contributed by atoms with Crippen LogP contribution in [0.25, 0.3) is 5.52 Å². The van der Waals surface area contributed by atoms with E-state index in [9.17, 15) is 4.21 Å². The molecule has 3 aromatic heterocycles. The van der Waals surface area contributed by atoms with Crippen molar-refractivity contribution in [3.63, 3.8) is 0 Å². The predicted octanol–water partition coefficient (Wildman–Crippen LogP) is 4.44. The number of anilines is 1. The van der Waals surface area contributed by atoms with Crippen LogP contribution in [0.3, 0.4) is 0 Å². The summed E-state index contributed by atoms with van der Waals surface area (Å²) in [5, 5.41) is 4.46. The van der Waals surface area contributed by atoms with Gasteiger partial charge in [-0.15, -0.1) is 0 Å². The van der Waals surface area contributed by atoms with Crippen LogP contribution in [0.4, 0.5) is 5.82 Å². The fraction of sp³-hybridized carbons (Fsp3) is 0.542. The summed E-state index contributed by atoms with van der Waals surface area (Å²) >= 11 is 3.61. The van der Waals surface area contributed by atoms with Crippen molar-refractivity contribution in [3.05, 3.63) is 51.6 Å². The smallest absolute Gasteiger partial charge is 0.155 e. The van der Waals surface area contributed by atoms with E-state index in [1.165, 1.54) is 11.1 Å². The molecule has 2 atom stereocenters. The summed E-state index contributed by atoms with van der Waals surface area (Å²) in [6.07, 6.45) is 6.81. The van der Waals surface area contributed by atoms with Gasteiger partial charge >= 0.3 is 0 Å². The quantitative estimate of drug-likeness (QED) is 0.541. The Labute approximate surface area is 206 Å². The molecule has 1 aliphatic carbocycles. The molecule has 176 valence electrons. The van der Waals surface area contributed by atoms with Crippen molar-refractivity contribution in [1.29, 1.82) is 0 Å². The van der Waals surface area contributed by atoms with E-state index in [0.29, 0.717) is 0 Å². The Morgan fingerprint density at radius 3 is 2.67 bits per heavy atom. The third kappa shape index (κ3) is 3.91. The zero-order valence-corrected chi connectivity index (χ0v) is 22.3. The monoisotopic (exact) mass is 530 g/mol. The predicted molar refractivity (Wildman–Crippen MR) is 136 cm³/mol. The van der Waals surface area contributed by atoms with Crippen LogP contribution in [-0.4, -0.2) is 41.6 Å². The van der Waals surface area contributed by atoms with Crippen molar-refractivity contribution < 1.29 is 4.21 Å². The number of aromatic nitrogens is 4. The molecule has 0 saturated carbocycles. The average molecular weight is 532 g/mol. The van der Waals surface area contributed by atoms with Crippen LogP contribution in [0.2, 0.25) is 0 Å². The van der Waals surface area contributed by atoms with Crippen LogP contribution < -0.4 is 9.62 Å². The summed E-state index contributed by atoms with van der Waals surface area (Å²) in [5.74, 6) is 0.985. The number of nitrogens with one attached hydrogen (secondary N) is 1. The number of hydrogen-bond acceptors (Lipinski definition) is 5. The SMILES string of the molecule is Cc1cc2c(cn1)CC1(CCN(c3nc(C)c(Br)n4nccc34)CC1)[C@@H]2NS(=O)C(C)(C)C. The van der Waals surface area contributed by atoms with Crippen LogP contribution in [0.5, 0.6) is 0 Å². The van der Waals surface area contributed by atoms with Gasteiger partial charge in [0.15, 0.2) is 5.82 Å². The van der Waals surface area contributed by atoms with Gasteiger partial charge in [-0.25, -0.2) is 18.4 Å². The summed E-state index contributed by atoms with van der Waals surface area (Å²) in [7, 11) is -1.15. The molecule has 33 heavy (non-hydrogen) atoms. The van der Waals surface area contributed by atoms with E-state index in [0.717, 1.165) is 59.7 Å². The molecule has 1 N–H and O–H groups in total. The van der Waals surface area contributed by atoms with E-state index in [2.05, 4.69) is 41.7 Å². The average Bonchev–Trinajstić information content (AvgIpc) is 3.35. The van der Waals surface area contributed by atoms with Crippen molar-refractivity contribution >= 4 is 38.3 Å². The normalized spacial score (nSPS) is 21.0. The number of rotatable bonds is 3. The van der Waals surface area contributed by atoms with Crippen LogP contribution >= 0.6 is 15.9 Å². The van der Waals surface area contributed by atoms with E-state index in [1.807, 2.05) is 57.6 Å². The fourth-order valence-corrected chi connectivity index (χ4v) is 6.53. The van der Waals surface area contributed by atoms with Crippen LogP contribution in [-0.2, 0) is 17.4 Å². The molecular formula is C24H31BrN6OS. The van der Waals surface area contributed by atoms with E-state index in [4.69, 9.17) is 4.98 Å². The topological polar surface area (TPSA) is 75.4 Å². The number of nitrogens with zero attached hydrogens (tertiary/aromatic N) is 5. The lowest BCUT2D eigenvalue weighted by molar-refractivity contribution is 0.177. The van der Waals surface area contributed by atoms with Crippen molar-refractivity contribution in [2.75, 3.05) is 18.0 Å². The van der Waals surface area contributed by atoms with Crippen LogP contribution in [0.1, 0.15) is 62.2 Å². The first kappa shape index (κ1) is 22.9. The van der Waals surface area contributed by atoms with Gasteiger partial charge in [0.1, 0.15) is 10.1 Å². The Balaban J connectivity index is 1.46. The highest BCUT2D eigenvalue weighted by atomic mass is 79.9. The van der Waals surface area contributed by atoms with Crippen LogP contribution in [0.15, 0.2) is 29.1 Å². The molecule has 1 aliphatic heterocycles. The molecule has 7 nitrogen and oxygen atoms in total. The Kier molecular flexibility index (Phi) is 5.65. The van der Waals surface area contributed by atoms with Gasteiger partial charge in [0.05, 0.1) is 33.7 Å². The van der Waals surface area contributed by atoms with Gasteiger partial charge in [-0.1, -0.05) is 0 Å². The Morgan fingerprint density at radius 2 is 1.97 bits per heavy atom. The lowest BCUT2D eigenvalue weighted by Crippen LogP contribution is -2.48. The number of halogens is 1. The molecule has 1 unspecified atom stereocenters. The summed E-state index contributed by atoms with van der Waals surface area (Å²) in [6, 6.07) is 4.27. The van der Waals surface area contributed by atoms with Crippen LogP contribution in [0, 0.1) is 19.3 Å². The van der Waals surface area contributed by atoms with Crippen molar-refractivity contribution in [2.45, 2.75) is 64.7 Å². The van der Waals surface area contributed by atoms with Gasteiger partial charge in [0, 0.05) is 25.0 Å². The summed E-state index contributed by atoms with van der Waals surface area (Å²) < 4.78 is 19.2. The molecule has 1 spiro atoms. The van der Waals surface area contributed by atoms with E-state index < -0.39 is 11.0 Å². The van der Waals surface area contributed by atoms with Gasteiger partial charge in [0.25, 0.3) is 0 Å². The number of fused-ring (bicyclic) bond motifs is 2. The molecule has 0 amide bonds. The van der Waals surface area contributed by atoms with Crippen molar-refractivity contribution in [1.82, 2.24) is 24.3 Å². The maximum atomic E-state index is 13.2. The maximum Gasteiger partial charge on any atom is 0.155 e. The molecule has 1 fully saturated rings. The number of hydrogen-bond donors (Lipinski definition) is 1. The van der Waals surface area contributed by atoms with Gasteiger partial charge in [-0.05, 0) is 98.5 Å². The molecule has 1 saturated heterocycles. The second-order valence-electron chi connectivity index (χ2n) is 10.4. The standard InChI is InChI=1S/C24H31BrN6OS/c1-15-12-18-17(14-26-15)13-24(20(18)29-33(32)23(3,4)5)7-10-30(11-8-24)22-19-6-9-27-31(19)21(25)16(2)28-22/h6,9,12,14,20,29H,7-8,10-11,13H2,1-5H3/t20-,33?/m1/s1. The molecule has 2 aliphatic rings.